The molecule has 2 heterocycles. The highest BCUT2D eigenvalue weighted by Gasteiger charge is 2.31. The Labute approximate surface area is 187 Å². The molecule has 0 unspecified atom stereocenters. The summed E-state index contributed by atoms with van der Waals surface area (Å²) in [6, 6.07) is 13.0. The molecule has 9 heteroatoms. The average molecular weight is 544 g/mol. The van der Waals surface area contributed by atoms with Crippen molar-refractivity contribution in [3.05, 3.63) is 85.8 Å². The van der Waals surface area contributed by atoms with Gasteiger partial charge in [0, 0.05) is 15.2 Å². The molecule has 30 heavy (non-hydrogen) atoms. The molecular formula is C21H10ClF3INO3. The summed E-state index contributed by atoms with van der Waals surface area (Å²) in [5, 5.41) is 0.382. The minimum absolute atomic E-state index is 0.00938. The molecule has 1 aliphatic rings. The van der Waals surface area contributed by atoms with Crippen molar-refractivity contribution >= 4 is 52.1 Å². The lowest BCUT2D eigenvalue weighted by molar-refractivity contribution is -0.137. The van der Waals surface area contributed by atoms with Gasteiger partial charge in [0.25, 0.3) is 0 Å². The van der Waals surface area contributed by atoms with E-state index in [2.05, 4.69) is 27.6 Å². The normalized spacial score (nSPS) is 15.4. The maximum Gasteiger partial charge on any atom is 0.416 e. The van der Waals surface area contributed by atoms with Gasteiger partial charge in [-0.1, -0.05) is 23.7 Å². The minimum atomic E-state index is -4.46. The molecule has 0 atom stereocenters. The zero-order chi connectivity index (χ0) is 21.5. The van der Waals surface area contributed by atoms with E-state index in [0.29, 0.717) is 10.6 Å². The number of ether oxygens (including phenoxy) is 1. The second-order valence-corrected chi connectivity index (χ2v) is 7.89. The number of nitrogens with zero attached hydrogens (tertiary/aromatic N) is 1. The number of furan rings is 1. The first-order chi connectivity index (χ1) is 14.2. The molecule has 0 amide bonds. The van der Waals surface area contributed by atoms with Crippen molar-refractivity contribution in [2.45, 2.75) is 6.18 Å². The number of aliphatic imine (C=N–C) groups is 1. The number of hydrogen-bond acceptors (Lipinski definition) is 4. The number of rotatable bonds is 3. The molecule has 4 rings (SSSR count). The zero-order valence-electron chi connectivity index (χ0n) is 14.8. The molecule has 0 spiro atoms. The molecule has 1 aromatic heterocycles. The average Bonchev–Trinajstić information content (AvgIpc) is 3.30. The largest absolute Gasteiger partial charge is 0.457 e. The smallest absolute Gasteiger partial charge is 0.416 e. The van der Waals surface area contributed by atoms with Crippen LogP contribution in [0.25, 0.3) is 17.4 Å². The number of hydrogen-bond donors (Lipinski definition) is 0. The number of halogens is 5. The highest BCUT2D eigenvalue weighted by molar-refractivity contribution is 14.1. The van der Waals surface area contributed by atoms with Crippen molar-refractivity contribution < 1.29 is 27.1 Å². The van der Waals surface area contributed by atoms with Crippen LogP contribution in [0.15, 0.2) is 69.7 Å². The summed E-state index contributed by atoms with van der Waals surface area (Å²) in [6.07, 6.45) is -3.10. The highest BCUT2D eigenvalue weighted by atomic mass is 127. The van der Waals surface area contributed by atoms with E-state index >= 15 is 0 Å². The van der Waals surface area contributed by atoms with E-state index in [1.165, 1.54) is 30.3 Å². The molecule has 152 valence electrons. The molecule has 0 aliphatic carbocycles. The van der Waals surface area contributed by atoms with Gasteiger partial charge in [-0.15, -0.1) is 0 Å². The maximum atomic E-state index is 12.9. The van der Waals surface area contributed by atoms with E-state index in [1.54, 1.807) is 18.2 Å². The fourth-order valence-electron chi connectivity index (χ4n) is 2.75. The molecule has 2 aromatic carbocycles. The third kappa shape index (κ3) is 4.29. The first-order valence-corrected chi connectivity index (χ1v) is 9.92. The number of benzene rings is 2. The number of alkyl halides is 3. The van der Waals surface area contributed by atoms with Gasteiger partial charge in [-0.25, -0.2) is 9.79 Å². The van der Waals surface area contributed by atoms with Crippen LogP contribution < -0.4 is 0 Å². The van der Waals surface area contributed by atoms with Crippen molar-refractivity contribution in [3.8, 4) is 11.3 Å². The van der Waals surface area contributed by atoms with Gasteiger partial charge in [0.2, 0.25) is 5.90 Å². The monoisotopic (exact) mass is 543 g/mol. The molecule has 1 aliphatic heterocycles. The van der Waals surface area contributed by atoms with Gasteiger partial charge < -0.3 is 9.15 Å². The van der Waals surface area contributed by atoms with Crippen LogP contribution in [-0.4, -0.2) is 11.9 Å². The summed E-state index contributed by atoms with van der Waals surface area (Å²) in [5.74, 6) is -0.145. The molecule has 3 aromatic rings. The second kappa shape index (κ2) is 7.92. The summed E-state index contributed by atoms with van der Waals surface area (Å²) < 4.78 is 50.4. The highest BCUT2D eigenvalue weighted by Crippen LogP contribution is 2.33. The standard InChI is InChI=1S/C21H10ClF3INO3/c22-16-6-4-13(26)9-15(16)19-27-17(20(28)30-19)10-14-5-7-18(29-14)11-2-1-3-12(8-11)21(23,24)25/h1-10H. The number of carbonyl (C=O) groups is 1. The van der Waals surface area contributed by atoms with Crippen LogP contribution in [0, 0.1) is 3.57 Å². The molecule has 0 radical (unpaired) electrons. The fourth-order valence-corrected chi connectivity index (χ4v) is 3.44. The second-order valence-electron chi connectivity index (χ2n) is 6.24. The van der Waals surface area contributed by atoms with Crippen molar-refractivity contribution in [2.24, 2.45) is 4.99 Å². The van der Waals surface area contributed by atoms with E-state index in [1.807, 2.05) is 0 Å². The Hall–Kier alpha value is -2.59. The predicted octanol–water partition coefficient (Wildman–Crippen LogP) is 6.57. The molecule has 0 saturated heterocycles. The summed E-state index contributed by atoms with van der Waals surface area (Å²) in [7, 11) is 0. The van der Waals surface area contributed by atoms with Crippen molar-refractivity contribution in [1.82, 2.24) is 0 Å². The molecule has 0 bridgehead atoms. The van der Waals surface area contributed by atoms with Crippen LogP contribution in [0.2, 0.25) is 5.02 Å². The van der Waals surface area contributed by atoms with Crippen LogP contribution in [0.5, 0.6) is 0 Å². The number of cyclic esters (lactones) is 1. The molecule has 0 N–H and O–H groups in total. The van der Waals surface area contributed by atoms with Gasteiger partial charge in [-0.05, 0) is 65.1 Å². The fraction of sp³-hybridized carbons (Fsp3) is 0.0476. The topological polar surface area (TPSA) is 51.8 Å². The first-order valence-electron chi connectivity index (χ1n) is 8.46. The lowest BCUT2D eigenvalue weighted by Crippen LogP contribution is -2.06. The van der Waals surface area contributed by atoms with E-state index < -0.39 is 17.7 Å². The SMILES string of the molecule is O=C1OC(c2cc(I)ccc2Cl)=NC1=Cc1ccc(-c2cccc(C(F)(F)F)c2)o1. The van der Waals surface area contributed by atoms with Gasteiger partial charge >= 0.3 is 12.1 Å². The lowest BCUT2D eigenvalue weighted by atomic mass is 10.1. The van der Waals surface area contributed by atoms with Crippen molar-refractivity contribution in [2.75, 3.05) is 0 Å². The molecule has 4 nitrogen and oxygen atoms in total. The van der Waals surface area contributed by atoms with Gasteiger partial charge in [0.1, 0.15) is 11.5 Å². The third-order valence-electron chi connectivity index (χ3n) is 4.16. The van der Waals surface area contributed by atoms with Gasteiger partial charge in [0.15, 0.2) is 5.70 Å². The Kier molecular flexibility index (Phi) is 5.46. The quantitative estimate of drug-likeness (QED) is 0.213. The summed E-state index contributed by atoms with van der Waals surface area (Å²) in [6.45, 7) is 0. The maximum absolute atomic E-state index is 12.9. The Bertz CT molecular complexity index is 1210. The molecular weight excluding hydrogens is 534 g/mol. The van der Waals surface area contributed by atoms with Gasteiger partial charge in [-0.2, -0.15) is 13.2 Å². The van der Waals surface area contributed by atoms with Crippen LogP contribution >= 0.6 is 34.2 Å². The minimum Gasteiger partial charge on any atom is -0.457 e. The summed E-state index contributed by atoms with van der Waals surface area (Å²) in [4.78, 5) is 16.3. The number of carbonyl (C=O) groups excluding carboxylic acids is 1. The van der Waals surface area contributed by atoms with Crippen LogP contribution in [0.1, 0.15) is 16.9 Å². The Balaban J connectivity index is 1.64. The summed E-state index contributed by atoms with van der Waals surface area (Å²) in [5.41, 5.74) is -0.0492. The van der Waals surface area contributed by atoms with E-state index in [4.69, 9.17) is 20.8 Å². The Morgan fingerprint density at radius 1 is 1.07 bits per heavy atom. The predicted molar refractivity (Wildman–Crippen MR) is 114 cm³/mol. The molecule has 0 saturated carbocycles. The van der Waals surface area contributed by atoms with E-state index in [0.717, 1.165) is 15.7 Å². The van der Waals surface area contributed by atoms with Gasteiger partial charge in [-0.3, -0.25) is 0 Å². The van der Waals surface area contributed by atoms with E-state index in [-0.39, 0.29) is 28.7 Å². The van der Waals surface area contributed by atoms with Crippen molar-refractivity contribution in [1.29, 1.82) is 0 Å². The lowest BCUT2D eigenvalue weighted by Gasteiger charge is -2.07. The third-order valence-corrected chi connectivity index (χ3v) is 5.16. The first kappa shape index (κ1) is 20.7. The Morgan fingerprint density at radius 2 is 1.87 bits per heavy atom. The summed E-state index contributed by atoms with van der Waals surface area (Å²) >= 11 is 8.25. The number of esters is 1. The van der Waals surface area contributed by atoms with Gasteiger partial charge in [0.05, 0.1) is 16.1 Å². The zero-order valence-corrected chi connectivity index (χ0v) is 17.7. The van der Waals surface area contributed by atoms with Crippen LogP contribution in [0.3, 0.4) is 0 Å². The van der Waals surface area contributed by atoms with Crippen LogP contribution in [0.4, 0.5) is 13.2 Å². The Morgan fingerprint density at radius 3 is 2.63 bits per heavy atom. The van der Waals surface area contributed by atoms with Crippen LogP contribution in [-0.2, 0) is 15.7 Å². The molecule has 0 fully saturated rings. The van der Waals surface area contributed by atoms with Crippen molar-refractivity contribution in [3.63, 3.8) is 0 Å². The van der Waals surface area contributed by atoms with E-state index in [9.17, 15) is 18.0 Å².